The maximum atomic E-state index is 4.70. The maximum absolute atomic E-state index is 4.70. The summed E-state index contributed by atoms with van der Waals surface area (Å²) in [4.78, 5) is 1.02. The molecule has 0 amide bonds. The zero-order valence-electron chi connectivity index (χ0n) is 15.5. The molecular weight excluding hydrogens is 541 g/mol. The fraction of sp³-hybridized carbons (Fsp3) is 0.0833. The summed E-state index contributed by atoms with van der Waals surface area (Å²) in [7, 11) is 0. The molecule has 28 heavy (non-hydrogen) atoms. The topological polar surface area (TPSA) is 25.8 Å². The predicted octanol–water partition coefficient (Wildman–Crippen LogP) is 6.59. The van der Waals surface area contributed by atoms with Crippen LogP contribution in [0.25, 0.3) is 43.4 Å². The van der Waals surface area contributed by atoms with Crippen LogP contribution in [0.1, 0.15) is 11.1 Å². The quantitative estimate of drug-likeness (QED) is 0.181. The van der Waals surface area contributed by atoms with Gasteiger partial charge in [-0.2, -0.15) is 17.2 Å². The van der Waals surface area contributed by atoms with E-state index >= 15 is 0 Å². The molecule has 0 aliphatic heterocycles. The van der Waals surface area contributed by atoms with Gasteiger partial charge in [0, 0.05) is 36.7 Å². The number of thiophene rings is 1. The van der Waals surface area contributed by atoms with Crippen LogP contribution >= 0.6 is 11.3 Å². The molecule has 0 N–H and O–H groups in total. The third-order valence-electron chi connectivity index (χ3n) is 5.05. The smallest absolute Gasteiger partial charge is 0.0990 e. The van der Waals surface area contributed by atoms with Gasteiger partial charge in [-0.1, -0.05) is 53.4 Å². The summed E-state index contributed by atoms with van der Waals surface area (Å²) in [5.74, 6) is 0. The Hall–Kier alpha value is -2.39. The molecule has 3 aromatic carbocycles. The number of aryl methyl sites for hydroxylation is 2. The van der Waals surface area contributed by atoms with E-state index < -0.39 is 0 Å². The second-order valence-corrected chi connectivity index (χ2v) is 7.72. The molecule has 2 aromatic heterocycles. The molecule has 0 fully saturated rings. The van der Waals surface area contributed by atoms with Crippen molar-refractivity contribution in [2.24, 2.45) is 0 Å². The van der Waals surface area contributed by atoms with Crippen molar-refractivity contribution in [1.82, 2.24) is 10.2 Å². The number of hydrogen-bond acceptors (Lipinski definition) is 3. The average Bonchev–Trinajstić information content (AvgIpc) is 3.21. The van der Waals surface area contributed by atoms with E-state index in [1.54, 1.807) is 11.3 Å². The van der Waals surface area contributed by atoms with Gasteiger partial charge in [0.15, 0.2) is 0 Å². The molecule has 2 heterocycles. The first-order valence-electron chi connectivity index (χ1n) is 8.94. The van der Waals surface area contributed by atoms with Crippen molar-refractivity contribution >= 4 is 32.9 Å². The summed E-state index contributed by atoms with van der Waals surface area (Å²) < 4.78 is 0. The Kier molecular flexibility index (Phi) is 5.11. The summed E-state index contributed by atoms with van der Waals surface area (Å²) in [5.41, 5.74) is 5.46. The Balaban J connectivity index is 0.00000192. The first-order chi connectivity index (χ1) is 13.2. The summed E-state index contributed by atoms with van der Waals surface area (Å²) in [6.45, 7) is 4.27. The summed E-state index contributed by atoms with van der Waals surface area (Å²) in [6.07, 6.45) is 0. The molecule has 0 aliphatic rings. The van der Waals surface area contributed by atoms with E-state index in [4.69, 9.17) is 5.10 Å². The molecule has 0 saturated heterocycles. The van der Waals surface area contributed by atoms with Gasteiger partial charge in [-0.25, -0.2) is 16.4 Å². The minimum Gasteiger partial charge on any atom is -0.237 e. The first kappa shape index (κ1) is 18.9. The van der Waals surface area contributed by atoms with Crippen molar-refractivity contribution in [3.63, 3.8) is 0 Å². The zero-order chi connectivity index (χ0) is 18.4. The largest absolute Gasteiger partial charge is 0.237 e. The van der Waals surface area contributed by atoms with Gasteiger partial charge >= 0.3 is 0 Å². The van der Waals surface area contributed by atoms with Crippen LogP contribution in [0.5, 0.6) is 0 Å². The molecule has 0 aliphatic carbocycles. The molecule has 1 radical (unpaired) electrons. The van der Waals surface area contributed by atoms with Crippen LogP contribution in [0.2, 0.25) is 0 Å². The number of nitrogens with zero attached hydrogens (tertiary/aromatic N) is 2. The van der Waals surface area contributed by atoms with E-state index in [-0.39, 0.29) is 20.1 Å². The van der Waals surface area contributed by atoms with E-state index in [0.29, 0.717) is 0 Å². The van der Waals surface area contributed by atoms with Crippen LogP contribution in [0.15, 0.2) is 66.0 Å². The average molecular weight is 558 g/mol. The van der Waals surface area contributed by atoms with E-state index in [2.05, 4.69) is 79.6 Å². The van der Waals surface area contributed by atoms with E-state index in [9.17, 15) is 0 Å². The van der Waals surface area contributed by atoms with Crippen LogP contribution in [0.3, 0.4) is 0 Å². The van der Waals surface area contributed by atoms with E-state index in [0.717, 1.165) is 27.0 Å². The van der Waals surface area contributed by atoms with Gasteiger partial charge in [0.05, 0.1) is 5.69 Å². The minimum absolute atomic E-state index is 0. The maximum Gasteiger partial charge on any atom is 0.0990 e. The molecule has 0 saturated carbocycles. The molecule has 0 atom stereocenters. The molecular formula is C24H17IrN2S-. The first-order valence-corrected chi connectivity index (χ1v) is 9.81. The van der Waals surface area contributed by atoms with Gasteiger partial charge in [-0.05, 0) is 47.2 Å². The zero-order valence-corrected chi connectivity index (χ0v) is 18.7. The van der Waals surface area contributed by atoms with Crippen molar-refractivity contribution in [3.05, 3.63) is 83.2 Å². The standard InChI is InChI=1S/C24H17N2S.Ir/c1-15-7-5-8-16(2)22(15)24-20-14-18-10-4-3-9-17(18)13-19(20)23(25-26-24)21-11-6-12-27-21;/h3-10,12-14H,1-2H3;/q-1;. The van der Waals surface area contributed by atoms with Gasteiger partial charge in [-0.3, -0.25) is 0 Å². The van der Waals surface area contributed by atoms with Crippen molar-refractivity contribution in [1.29, 1.82) is 0 Å². The monoisotopic (exact) mass is 558 g/mol. The summed E-state index contributed by atoms with van der Waals surface area (Å²) in [6, 6.07) is 24.5. The molecule has 0 spiro atoms. The minimum atomic E-state index is 0. The normalized spacial score (nSPS) is 10.9. The van der Waals surface area contributed by atoms with Gasteiger partial charge in [-0.15, -0.1) is 5.38 Å². The number of benzene rings is 3. The summed E-state index contributed by atoms with van der Waals surface area (Å²) >= 11 is 1.65. The van der Waals surface area contributed by atoms with Crippen LogP contribution < -0.4 is 0 Å². The van der Waals surface area contributed by atoms with Crippen molar-refractivity contribution in [2.75, 3.05) is 0 Å². The predicted molar refractivity (Wildman–Crippen MR) is 114 cm³/mol. The molecule has 2 nitrogen and oxygen atoms in total. The van der Waals surface area contributed by atoms with E-state index in [1.165, 1.54) is 27.5 Å². The van der Waals surface area contributed by atoms with Gasteiger partial charge in [0.2, 0.25) is 0 Å². The summed E-state index contributed by atoms with van der Waals surface area (Å²) in [5, 5.41) is 16.1. The Morgan fingerprint density at radius 1 is 0.786 bits per heavy atom. The van der Waals surface area contributed by atoms with Crippen LogP contribution in [-0.4, -0.2) is 10.2 Å². The molecule has 5 aromatic rings. The van der Waals surface area contributed by atoms with Gasteiger partial charge in [0.1, 0.15) is 0 Å². The van der Waals surface area contributed by atoms with Crippen molar-refractivity contribution < 1.29 is 20.1 Å². The Labute approximate surface area is 181 Å². The fourth-order valence-electron chi connectivity index (χ4n) is 3.75. The van der Waals surface area contributed by atoms with Gasteiger partial charge < -0.3 is 0 Å². The molecule has 5 rings (SSSR count). The van der Waals surface area contributed by atoms with Crippen molar-refractivity contribution in [3.8, 4) is 21.8 Å². The SMILES string of the molecule is Cc1cccc(C)c1-c1nnc(-c2[c-]ccs2)c2cc3ccccc3cc12.[Ir]. The third-order valence-corrected chi connectivity index (χ3v) is 5.87. The van der Waals surface area contributed by atoms with Crippen molar-refractivity contribution in [2.45, 2.75) is 13.8 Å². The number of fused-ring (bicyclic) bond motifs is 2. The number of hydrogen-bond donors (Lipinski definition) is 0. The van der Waals surface area contributed by atoms with Crippen LogP contribution in [0, 0.1) is 19.9 Å². The molecule has 139 valence electrons. The third kappa shape index (κ3) is 3.08. The Bertz CT molecular complexity index is 1270. The van der Waals surface area contributed by atoms with E-state index in [1.807, 2.05) is 11.4 Å². The Morgan fingerprint density at radius 2 is 1.39 bits per heavy atom. The van der Waals surface area contributed by atoms with Crippen LogP contribution in [-0.2, 0) is 20.1 Å². The molecule has 0 unspecified atom stereocenters. The van der Waals surface area contributed by atoms with Crippen LogP contribution in [0.4, 0.5) is 0 Å². The number of aromatic nitrogens is 2. The Morgan fingerprint density at radius 3 is 2.00 bits per heavy atom. The fourth-order valence-corrected chi connectivity index (χ4v) is 4.42. The molecule has 0 bridgehead atoms. The second-order valence-electron chi connectivity index (χ2n) is 6.80. The second kappa shape index (κ2) is 7.56. The molecule has 4 heteroatoms. The van der Waals surface area contributed by atoms with Gasteiger partial charge in [0.25, 0.3) is 0 Å². The number of rotatable bonds is 2.